The predicted molar refractivity (Wildman–Crippen MR) is 211 cm³/mol. The first-order valence-electron chi connectivity index (χ1n) is 17.7. The zero-order valence-electron chi connectivity index (χ0n) is 29.8. The third-order valence-corrected chi connectivity index (χ3v) is 9.71. The Hall–Kier alpha value is -6.17. The molecule has 0 aliphatic heterocycles. The van der Waals surface area contributed by atoms with Gasteiger partial charge in [-0.05, 0) is 84.9 Å². The van der Waals surface area contributed by atoms with Gasteiger partial charge in [0.25, 0.3) is 0 Å². The molecule has 4 heterocycles. The van der Waals surface area contributed by atoms with Crippen LogP contribution in [-0.2, 0) is 9.59 Å². The lowest BCUT2D eigenvalue weighted by molar-refractivity contribution is -0.119. The number of aliphatic hydroxyl groups excluding tert-OH is 1. The van der Waals surface area contributed by atoms with Crippen LogP contribution in [0.2, 0.25) is 5.02 Å². The van der Waals surface area contributed by atoms with Crippen LogP contribution in [0.15, 0.2) is 121 Å². The second-order valence-electron chi connectivity index (χ2n) is 13.1. The maximum atomic E-state index is 12.8. The zero-order chi connectivity index (χ0) is 37.6. The number of halogens is 1. The number of rotatable bonds is 10. The summed E-state index contributed by atoms with van der Waals surface area (Å²) in [5, 5.41) is 18.3. The van der Waals surface area contributed by atoms with Crippen LogP contribution in [0.5, 0.6) is 0 Å². The van der Waals surface area contributed by atoms with Gasteiger partial charge < -0.3 is 25.7 Å². The van der Waals surface area contributed by atoms with Gasteiger partial charge in [-0.15, -0.1) is 0 Å². The average Bonchev–Trinajstić information content (AvgIpc) is 4.03. The lowest BCUT2D eigenvalue weighted by Crippen LogP contribution is -2.31. The fourth-order valence-corrected chi connectivity index (χ4v) is 6.87. The van der Waals surface area contributed by atoms with Gasteiger partial charge in [0.15, 0.2) is 0 Å². The molecule has 2 aliphatic rings. The van der Waals surface area contributed by atoms with E-state index < -0.39 is 6.04 Å². The van der Waals surface area contributed by atoms with E-state index in [-0.39, 0.29) is 24.5 Å². The van der Waals surface area contributed by atoms with Gasteiger partial charge in [-0.3, -0.25) is 9.59 Å². The zero-order valence-corrected chi connectivity index (χ0v) is 30.6. The summed E-state index contributed by atoms with van der Waals surface area (Å²) in [7, 11) is 0. The molecule has 0 fully saturated rings. The predicted octanol–water partition coefficient (Wildman–Crippen LogP) is 7.42. The molecule has 2 unspecified atom stereocenters. The van der Waals surface area contributed by atoms with Crippen molar-refractivity contribution in [2.45, 2.75) is 45.2 Å². The van der Waals surface area contributed by atoms with Gasteiger partial charge >= 0.3 is 0 Å². The fraction of sp³-hybridized carbons (Fsp3) is 0.190. The van der Waals surface area contributed by atoms with Gasteiger partial charge in [-0.1, -0.05) is 72.6 Å². The molecular formula is C42H39ClN8O3. The number of hydrogen-bond donors (Lipinski definition) is 5. The number of allylic oxidation sites excluding steroid dienone is 6. The minimum Gasteiger partial charge on any atom is -0.394 e. The number of aromatic nitrogens is 6. The monoisotopic (exact) mass is 738 g/mol. The molecular weight excluding hydrogens is 700 g/mol. The molecule has 0 saturated heterocycles. The smallest absolute Gasteiger partial charge is 0.248 e. The summed E-state index contributed by atoms with van der Waals surface area (Å²) < 4.78 is 0. The summed E-state index contributed by atoms with van der Waals surface area (Å²) in [6.07, 6.45) is 16.4. The number of aliphatic hydroxyl groups is 1. The summed E-state index contributed by atoms with van der Waals surface area (Å²) in [6, 6.07) is 18.8. The fourth-order valence-electron chi connectivity index (χ4n) is 6.67. The summed E-state index contributed by atoms with van der Waals surface area (Å²) in [5.41, 5.74) is 9.43. The van der Waals surface area contributed by atoms with Gasteiger partial charge in [-0.25, -0.2) is 19.9 Å². The molecule has 4 aromatic heterocycles. The average molecular weight is 739 g/mol. The number of H-pyrrole nitrogens is 2. The van der Waals surface area contributed by atoms with Crippen LogP contribution in [0.25, 0.3) is 33.2 Å². The van der Waals surface area contributed by atoms with Crippen LogP contribution in [0, 0.1) is 6.92 Å². The first-order valence-corrected chi connectivity index (χ1v) is 18.1. The number of hydrogen-bond acceptors (Lipinski definition) is 7. The van der Waals surface area contributed by atoms with Crippen LogP contribution in [0.1, 0.15) is 66.3 Å². The number of aromatic amines is 2. The van der Waals surface area contributed by atoms with Crippen molar-refractivity contribution in [1.29, 1.82) is 0 Å². The summed E-state index contributed by atoms with van der Waals surface area (Å²) in [6.45, 7) is 3.87. The molecule has 12 heteroatoms. The van der Waals surface area contributed by atoms with Crippen LogP contribution in [-0.4, -0.2) is 53.4 Å². The minimum absolute atomic E-state index is 0.0626. The number of nitrogens with zero attached hydrogens (tertiary/aromatic N) is 4. The molecule has 0 spiro atoms. The second kappa shape index (κ2) is 16.2. The molecule has 2 atom stereocenters. The number of carbonyl (C=O) groups excluding carboxylic acids is 2. The molecule has 2 aromatic carbocycles. The standard InChI is InChI=1S/C21H19ClN4O.C21H20N4O2/c1-2-18(13-4-3-5-16(22)11-13)26-21(27)15-7-6-14(10-15)19-17-8-9-23-20(17)25-12-24-19;1-13-3-2-4-14(9-13)18(11-26)25-21(27)16-6-5-15(10-16)19-17-7-8-22-20(17)24-12-23-19/h3-6,8-12,18H,2,7H2,1H3,(H,26,27)(H,23,24,25);2-5,7-10,12,18,26H,6,11H2,1H3,(H,25,27)(H,22,23,24). The highest BCUT2D eigenvalue weighted by molar-refractivity contribution is 6.30. The number of fused-ring (bicyclic) bond motifs is 2. The maximum Gasteiger partial charge on any atom is 0.248 e. The number of carbonyl (C=O) groups is 2. The third kappa shape index (κ3) is 7.92. The number of benzene rings is 2. The van der Waals surface area contributed by atoms with E-state index in [0.29, 0.717) is 23.4 Å². The van der Waals surface area contributed by atoms with Gasteiger partial charge in [0, 0.05) is 39.3 Å². The van der Waals surface area contributed by atoms with Crippen molar-refractivity contribution in [3.8, 4) is 0 Å². The van der Waals surface area contributed by atoms with Gasteiger partial charge in [-0.2, -0.15) is 0 Å². The molecule has 2 aliphatic carbocycles. The van der Waals surface area contributed by atoms with Crippen molar-refractivity contribution in [1.82, 2.24) is 40.5 Å². The lowest BCUT2D eigenvalue weighted by Gasteiger charge is -2.18. The Labute approximate surface area is 317 Å². The van der Waals surface area contributed by atoms with Gasteiger partial charge in [0.05, 0.1) is 30.1 Å². The van der Waals surface area contributed by atoms with Crippen molar-refractivity contribution in [2.24, 2.45) is 0 Å². The third-order valence-electron chi connectivity index (χ3n) is 9.48. The SMILES string of the molecule is CCC(NC(=O)C1=CC(c2ncnc3[nH]ccc23)=CC1)c1cccc(Cl)c1.Cc1cccc(C(CO)NC(=O)C2=CC(c3ncnc4[nH]ccc34)=CC2)c1. The van der Waals surface area contributed by atoms with Crippen LogP contribution in [0.3, 0.4) is 0 Å². The Morgan fingerprint density at radius 1 is 0.759 bits per heavy atom. The normalized spacial score (nSPS) is 14.7. The maximum absolute atomic E-state index is 12.8. The lowest BCUT2D eigenvalue weighted by atomic mass is 10.0. The minimum atomic E-state index is -0.433. The largest absolute Gasteiger partial charge is 0.394 e. The van der Waals surface area contributed by atoms with E-state index in [1.807, 2.05) is 111 Å². The first-order chi connectivity index (χ1) is 26.3. The van der Waals surface area contributed by atoms with Crippen LogP contribution < -0.4 is 10.6 Å². The topological polar surface area (TPSA) is 162 Å². The highest BCUT2D eigenvalue weighted by Crippen LogP contribution is 2.31. The Morgan fingerprint density at radius 3 is 1.81 bits per heavy atom. The van der Waals surface area contributed by atoms with Crippen LogP contribution in [0.4, 0.5) is 0 Å². The summed E-state index contributed by atoms with van der Waals surface area (Å²) in [4.78, 5) is 48.8. The van der Waals surface area contributed by atoms with Crippen LogP contribution >= 0.6 is 11.6 Å². The Kier molecular flexibility index (Phi) is 10.9. The van der Waals surface area contributed by atoms with E-state index >= 15 is 0 Å². The molecule has 0 saturated carbocycles. The van der Waals surface area contributed by atoms with E-state index in [2.05, 4.69) is 40.5 Å². The number of amides is 2. The molecule has 0 bridgehead atoms. The van der Waals surface area contributed by atoms with E-state index in [0.717, 1.165) is 73.3 Å². The molecule has 2 amide bonds. The quantitative estimate of drug-likeness (QED) is 0.0977. The molecule has 11 nitrogen and oxygen atoms in total. The van der Waals surface area contributed by atoms with E-state index in [1.54, 1.807) is 0 Å². The first kappa shape index (κ1) is 36.2. The summed E-state index contributed by atoms with van der Waals surface area (Å²) >= 11 is 6.09. The van der Waals surface area contributed by atoms with Crippen molar-refractivity contribution < 1.29 is 14.7 Å². The molecule has 272 valence electrons. The van der Waals surface area contributed by atoms with Crippen molar-refractivity contribution in [3.63, 3.8) is 0 Å². The number of aryl methyl sites for hydroxylation is 1. The Balaban J connectivity index is 0.000000167. The molecule has 0 radical (unpaired) electrons. The molecule has 54 heavy (non-hydrogen) atoms. The van der Waals surface area contributed by atoms with Crippen molar-refractivity contribution in [2.75, 3.05) is 6.61 Å². The number of nitrogens with one attached hydrogen (secondary N) is 4. The highest BCUT2D eigenvalue weighted by atomic mass is 35.5. The van der Waals surface area contributed by atoms with Crippen molar-refractivity contribution >= 4 is 56.6 Å². The van der Waals surface area contributed by atoms with Crippen molar-refractivity contribution in [3.05, 3.63) is 154 Å². The Bertz CT molecular complexity index is 2300. The van der Waals surface area contributed by atoms with E-state index in [1.165, 1.54) is 12.7 Å². The van der Waals surface area contributed by atoms with E-state index in [9.17, 15) is 14.7 Å². The molecule has 6 aromatic rings. The van der Waals surface area contributed by atoms with Gasteiger partial charge in [0.1, 0.15) is 23.9 Å². The second-order valence-corrected chi connectivity index (χ2v) is 13.5. The summed E-state index contributed by atoms with van der Waals surface area (Å²) in [5.74, 6) is -0.242. The van der Waals surface area contributed by atoms with Gasteiger partial charge in [0.2, 0.25) is 11.8 Å². The molecule has 8 rings (SSSR count). The Morgan fingerprint density at radius 2 is 1.30 bits per heavy atom. The highest BCUT2D eigenvalue weighted by Gasteiger charge is 2.22. The van der Waals surface area contributed by atoms with E-state index in [4.69, 9.17) is 11.6 Å². The molecule has 5 N–H and O–H groups in total.